The highest BCUT2D eigenvalue weighted by Gasteiger charge is 2.42. The first-order chi connectivity index (χ1) is 12.2. The molecule has 130 valence electrons. The van der Waals surface area contributed by atoms with Gasteiger partial charge < -0.3 is 4.90 Å². The smallest absolute Gasteiger partial charge is 0.255 e. The normalized spacial score (nSPS) is 23.9. The Morgan fingerprint density at radius 3 is 2.64 bits per heavy atom. The Balaban J connectivity index is 1.42. The zero-order chi connectivity index (χ0) is 17.1. The molecule has 5 nitrogen and oxygen atoms in total. The molecule has 4 rings (SSSR count). The van der Waals surface area contributed by atoms with Crippen molar-refractivity contribution >= 4 is 5.91 Å². The first kappa shape index (κ1) is 16.2. The van der Waals surface area contributed by atoms with Gasteiger partial charge in [-0.1, -0.05) is 6.07 Å². The number of likely N-dealkylation sites (tertiary alicyclic amines) is 2. The van der Waals surface area contributed by atoms with Gasteiger partial charge in [0.25, 0.3) is 5.91 Å². The molecule has 0 N–H and O–H groups in total. The van der Waals surface area contributed by atoms with Crippen molar-refractivity contribution in [2.45, 2.75) is 25.8 Å². The minimum atomic E-state index is 0.123. The Labute approximate surface area is 148 Å². The maximum Gasteiger partial charge on any atom is 0.255 e. The van der Waals surface area contributed by atoms with Gasteiger partial charge in [-0.3, -0.25) is 19.7 Å². The zero-order valence-electron chi connectivity index (χ0n) is 14.5. The summed E-state index contributed by atoms with van der Waals surface area (Å²) >= 11 is 0. The van der Waals surface area contributed by atoms with E-state index in [4.69, 9.17) is 0 Å². The van der Waals surface area contributed by atoms with Crippen molar-refractivity contribution in [3.8, 4) is 0 Å². The number of hydrogen-bond donors (Lipinski definition) is 0. The second-order valence-electron chi connectivity index (χ2n) is 7.39. The molecule has 0 radical (unpaired) electrons. The summed E-state index contributed by atoms with van der Waals surface area (Å²) in [5.41, 5.74) is 2.21. The minimum Gasteiger partial charge on any atom is -0.338 e. The van der Waals surface area contributed by atoms with Gasteiger partial charge in [0.15, 0.2) is 0 Å². The Morgan fingerprint density at radius 2 is 1.88 bits per heavy atom. The Hall–Kier alpha value is -2.27. The van der Waals surface area contributed by atoms with Crippen LogP contribution in [0.2, 0.25) is 0 Å². The number of aromatic nitrogens is 2. The van der Waals surface area contributed by atoms with Crippen molar-refractivity contribution in [1.29, 1.82) is 0 Å². The van der Waals surface area contributed by atoms with Crippen LogP contribution in [-0.2, 0) is 6.54 Å². The molecule has 2 fully saturated rings. The average molecular weight is 336 g/mol. The molecule has 0 aromatic carbocycles. The Morgan fingerprint density at radius 1 is 1.04 bits per heavy atom. The highest BCUT2D eigenvalue weighted by molar-refractivity contribution is 5.94. The van der Waals surface area contributed by atoms with Crippen molar-refractivity contribution in [1.82, 2.24) is 19.8 Å². The van der Waals surface area contributed by atoms with Gasteiger partial charge in [-0.05, 0) is 49.6 Å². The molecule has 4 heterocycles. The molecule has 2 aromatic rings. The number of carbonyl (C=O) groups excluding carboxylic acids is 1. The van der Waals surface area contributed by atoms with Crippen LogP contribution in [0.25, 0.3) is 0 Å². The van der Waals surface area contributed by atoms with Crippen molar-refractivity contribution in [3.05, 3.63) is 60.2 Å². The third-order valence-corrected chi connectivity index (χ3v) is 5.50. The third-order valence-electron chi connectivity index (χ3n) is 5.50. The van der Waals surface area contributed by atoms with Gasteiger partial charge in [0.1, 0.15) is 0 Å². The van der Waals surface area contributed by atoms with Gasteiger partial charge in [0.05, 0.1) is 5.56 Å². The van der Waals surface area contributed by atoms with Gasteiger partial charge in [0.2, 0.25) is 0 Å². The molecular weight excluding hydrogens is 312 g/mol. The van der Waals surface area contributed by atoms with E-state index >= 15 is 0 Å². The molecule has 2 saturated heterocycles. The van der Waals surface area contributed by atoms with Crippen molar-refractivity contribution in [2.75, 3.05) is 26.2 Å². The summed E-state index contributed by atoms with van der Waals surface area (Å²) < 4.78 is 0. The van der Waals surface area contributed by atoms with Crippen LogP contribution in [0.4, 0.5) is 0 Å². The molecule has 1 atom stereocenters. The van der Waals surface area contributed by atoms with E-state index in [9.17, 15) is 4.79 Å². The van der Waals surface area contributed by atoms with E-state index in [1.807, 2.05) is 35.5 Å². The van der Waals surface area contributed by atoms with Crippen LogP contribution in [-0.4, -0.2) is 51.9 Å². The van der Waals surface area contributed by atoms with Gasteiger partial charge in [-0.15, -0.1) is 0 Å². The van der Waals surface area contributed by atoms with Crippen molar-refractivity contribution in [2.24, 2.45) is 5.41 Å². The van der Waals surface area contributed by atoms with E-state index in [1.54, 1.807) is 12.4 Å². The maximum absolute atomic E-state index is 12.8. The van der Waals surface area contributed by atoms with E-state index in [1.165, 1.54) is 18.4 Å². The molecule has 25 heavy (non-hydrogen) atoms. The second kappa shape index (κ2) is 6.92. The number of carbonyl (C=O) groups is 1. The zero-order valence-corrected chi connectivity index (χ0v) is 14.5. The molecule has 0 aliphatic carbocycles. The van der Waals surface area contributed by atoms with E-state index in [-0.39, 0.29) is 11.3 Å². The standard InChI is InChI=1S/C20H24N4O/c25-19(18-5-2-9-22-13-18)24-10-3-6-20(16-24)7-11-23(15-20)14-17-4-1-8-21-12-17/h1-2,4-5,8-9,12-13H,3,6-7,10-11,14-16H2. The lowest BCUT2D eigenvalue weighted by Gasteiger charge is -2.40. The van der Waals surface area contributed by atoms with E-state index in [0.29, 0.717) is 5.56 Å². The van der Waals surface area contributed by atoms with Crippen molar-refractivity contribution in [3.63, 3.8) is 0 Å². The summed E-state index contributed by atoms with van der Waals surface area (Å²) in [6, 6.07) is 7.82. The summed E-state index contributed by atoms with van der Waals surface area (Å²) in [5, 5.41) is 0. The minimum absolute atomic E-state index is 0.123. The van der Waals surface area contributed by atoms with Crippen LogP contribution in [0, 0.1) is 5.41 Å². The molecule has 0 saturated carbocycles. The second-order valence-corrected chi connectivity index (χ2v) is 7.39. The lowest BCUT2D eigenvalue weighted by molar-refractivity contribution is 0.0526. The highest BCUT2D eigenvalue weighted by atomic mass is 16.2. The molecular formula is C20H24N4O. The predicted molar refractivity (Wildman–Crippen MR) is 95.9 cm³/mol. The fraction of sp³-hybridized carbons (Fsp3) is 0.450. The number of hydrogen-bond acceptors (Lipinski definition) is 4. The van der Waals surface area contributed by atoms with Crippen LogP contribution in [0.1, 0.15) is 35.2 Å². The number of pyridine rings is 2. The molecule has 5 heteroatoms. The molecule has 1 unspecified atom stereocenters. The third kappa shape index (κ3) is 3.56. The summed E-state index contributed by atoms with van der Waals surface area (Å²) in [7, 11) is 0. The van der Waals surface area contributed by atoms with E-state index in [0.717, 1.165) is 39.1 Å². The predicted octanol–water partition coefficient (Wildman–Crippen LogP) is 2.60. The lowest BCUT2D eigenvalue weighted by atomic mass is 9.79. The summed E-state index contributed by atoms with van der Waals surface area (Å²) in [4.78, 5) is 25.6. The highest BCUT2D eigenvalue weighted by Crippen LogP contribution is 2.39. The van der Waals surface area contributed by atoms with E-state index in [2.05, 4.69) is 20.9 Å². The quantitative estimate of drug-likeness (QED) is 0.864. The van der Waals surface area contributed by atoms with Crippen LogP contribution in [0.15, 0.2) is 49.1 Å². The maximum atomic E-state index is 12.8. The molecule has 2 aromatic heterocycles. The SMILES string of the molecule is O=C(c1cccnc1)N1CCCC2(CCN(Cc3cccnc3)C2)C1. The summed E-state index contributed by atoms with van der Waals surface area (Å²) in [6.07, 6.45) is 10.6. The molecule has 2 aliphatic rings. The largest absolute Gasteiger partial charge is 0.338 e. The fourth-order valence-corrected chi connectivity index (χ4v) is 4.30. The molecule has 1 amide bonds. The molecule has 2 aliphatic heterocycles. The van der Waals surface area contributed by atoms with Gasteiger partial charge in [-0.2, -0.15) is 0 Å². The fourth-order valence-electron chi connectivity index (χ4n) is 4.30. The number of rotatable bonds is 3. The number of piperidine rings is 1. The van der Waals surface area contributed by atoms with Crippen molar-refractivity contribution < 1.29 is 4.79 Å². The van der Waals surface area contributed by atoms with Gasteiger partial charge in [-0.25, -0.2) is 0 Å². The first-order valence-electron chi connectivity index (χ1n) is 9.05. The molecule has 1 spiro atoms. The monoisotopic (exact) mass is 336 g/mol. The number of nitrogens with zero attached hydrogens (tertiary/aromatic N) is 4. The van der Waals surface area contributed by atoms with Crippen LogP contribution < -0.4 is 0 Å². The number of amides is 1. The first-order valence-corrected chi connectivity index (χ1v) is 9.05. The lowest BCUT2D eigenvalue weighted by Crippen LogP contribution is -2.47. The van der Waals surface area contributed by atoms with Gasteiger partial charge in [0, 0.05) is 56.4 Å². The van der Waals surface area contributed by atoms with Crippen LogP contribution in [0.5, 0.6) is 0 Å². The molecule has 0 bridgehead atoms. The Bertz CT molecular complexity index is 721. The topological polar surface area (TPSA) is 49.3 Å². The summed E-state index contributed by atoms with van der Waals surface area (Å²) in [5.74, 6) is 0.123. The summed E-state index contributed by atoms with van der Waals surface area (Å²) in [6.45, 7) is 4.84. The van der Waals surface area contributed by atoms with E-state index < -0.39 is 0 Å². The van der Waals surface area contributed by atoms with Gasteiger partial charge >= 0.3 is 0 Å². The van der Waals surface area contributed by atoms with Crippen LogP contribution >= 0.6 is 0 Å². The Kier molecular flexibility index (Phi) is 4.49. The van der Waals surface area contributed by atoms with Crippen LogP contribution in [0.3, 0.4) is 0 Å². The average Bonchev–Trinajstić information content (AvgIpc) is 3.04.